The van der Waals surface area contributed by atoms with Crippen LogP contribution in [0.3, 0.4) is 0 Å². The minimum atomic E-state index is 0.402. The summed E-state index contributed by atoms with van der Waals surface area (Å²) in [6, 6.07) is 0.402. The van der Waals surface area contributed by atoms with E-state index in [2.05, 4.69) is 42.3 Å². The number of hydrogen-bond acceptors (Lipinski definition) is 5. The number of rotatable bonds is 9. The van der Waals surface area contributed by atoms with Crippen molar-refractivity contribution in [3.05, 3.63) is 12.0 Å². The summed E-state index contributed by atoms with van der Waals surface area (Å²) in [6.07, 6.45) is 7.29. The zero-order valence-electron chi connectivity index (χ0n) is 16.7. The average Bonchev–Trinajstić information content (AvgIpc) is 3.22. The normalized spacial score (nSPS) is 17.7. The molecule has 3 rings (SSSR count). The lowest BCUT2D eigenvalue weighted by molar-refractivity contribution is 0.134. The SMILES string of the molecule is CCCCn1nc(CC(C)C)c2c(N3CCCC3COCC)ncnc21. The smallest absolute Gasteiger partial charge is 0.163 e. The molecule has 1 aliphatic rings. The van der Waals surface area contributed by atoms with Gasteiger partial charge in [0.05, 0.1) is 23.7 Å². The first kappa shape index (κ1) is 19.1. The van der Waals surface area contributed by atoms with E-state index >= 15 is 0 Å². The summed E-state index contributed by atoms with van der Waals surface area (Å²) in [5.74, 6) is 1.61. The summed E-state index contributed by atoms with van der Waals surface area (Å²) < 4.78 is 7.82. The number of nitrogens with zero attached hydrogens (tertiary/aromatic N) is 5. The van der Waals surface area contributed by atoms with Crippen LogP contribution in [-0.2, 0) is 17.7 Å². The van der Waals surface area contributed by atoms with Crippen LogP contribution in [-0.4, -0.2) is 45.5 Å². The van der Waals surface area contributed by atoms with E-state index in [1.807, 2.05) is 0 Å². The second-order valence-corrected chi connectivity index (χ2v) is 7.67. The van der Waals surface area contributed by atoms with Gasteiger partial charge in [0, 0.05) is 19.7 Å². The van der Waals surface area contributed by atoms with E-state index in [9.17, 15) is 0 Å². The third kappa shape index (κ3) is 4.00. The van der Waals surface area contributed by atoms with Gasteiger partial charge in [0.25, 0.3) is 0 Å². The fourth-order valence-electron chi connectivity index (χ4n) is 3.82. The summed E-state index contributed by atoms with van der Waals surface area (Å²) in [4.78, 5) is 11.8. The number of ether oxygens (including phenoxy) is 1. The van der Waals surface area contributed by atoms with Gasteiger partial charge < -0.3 is 9.64 Å². The number of hydrogen-bond donors (Lipinski definition) is 0. The van der Waals surface area contributed by atoms with E-state index in [0.29, 0.717) is 12.0 Å². The Labute approximate surface area is 157 Å². The van der Waals surface area contributed by atoms with Crippen molar-refractivity contribution in [1.29, 1.82) is 0 Å². The molecule has 0 aromatic carbocycles. The Kier molecular flexibility index (Phi) is 6.46. The van der Waals surface area contributed by atoms with Crippen LogP contribution in [0.2, 0.25) is 0 Å². The zero-order chi connectivity index (χ0) is 18.5. The third-order valence-electron chi connectivity index (χ3n) is 5.07. The molecule has 1 fully saturated rings. The molecule has 0 N–H and O–H groups in total. The van der Waals surface area contributed by atoms with Crippen molar-refractivity contribution in [1.82, 2.24) is 19.7 Å². The van der Waals surface area contributed by atoms with Gasteiger partial charge >= 0.3 is 0 Å². The molecule has 0 radical (unpaired) electrons. The Hall–Kier alpha value is -1.69. The maximum absolute atomic E-state index is 5.73. The summed E-state index contributed by atoms with van der Waals surface area (Å²) in [5.41, 5.74) is 2.13. The predicted octanol–water partition coefficient (Wildman–Crippen LogP) is 3.83. The van der Waals surface area contributed by atoms with Crippen LogP contribution >= 0.6 is 0 Å². The van der Waals surface area contributed by atoms with Crippen molar-refractivity contribution < 1.29 is 4.74 Å². The van der Waals surface area contributed by atoms with Crippen LogP contribution in [0.25, 0.3) is 11.0 Å². The lowest BCUT2D eigenvalue weighted by atomic mass is 10.1. The van der Waals surface area contributed by atoms with Crippen molar-refractivity contribution in [2.45, 2.75) is 72.4 Å². The van der Waals surface area contributed by atoms with Crippen molar-refractivity contribution in [2.24, 2.45) is 5.92 Å². The molecule has 2 aromatic rings. The molecular formula is C20H33N5O. The first-order chi connectivity index (χ1) is 12.7. The van der Waals surface area contributed by atoms with E-state index in [4.69, 9.17) is 14.8 Å². The third-order valence-corrected chi connectivity index (χ3v) is 5.07. The Morgan fingerprint density at radius 2 is 2.12 bits per heavy atom. The molecule has 1 unspecified atom stereocenters. The van der Waals surface area contributed by atoms with Crippen LogP contribution in [0.15, 0.2) is 6.33 Å². The highest BCUT2D eigenvalue weighted by Gasteiger charge is 2.29. The van der Waals surface area contributed by atoms with Gasteiger partial charge in [-0.1, -0.05) is 27.2 Å². The van der Waals surface area contributed by atoms with Crippen LogP contribution in [0, 0.1) is 5.92 Å². The molecular weight excluding hydrogens is 326 g/mol. The Bertz CT molecular complexity index is 712. The highest BCUT2D eigenvalue weighted by Crippen LogP contribution is 2.32. The quantitative estimate of drug-likeness (QED) is 0.681. The van der Waals surface area contributed by atoms with Gasteiger partial charge in [0.2, 0.25) is 0 Å². The van der Waals surface area contributed by atoms with Crippen molar-refractivity contribution in [3.8, 4) is 0 Å². The molecule has 6 heteroatoms. The molecule has 0 amide bonds. The number of unbranched alkanes of at least 4 members (excludes halogenated alkanes) is 1. The van der Waals surface area contributed by atoms with E-state index in [0.717, 1.165) is 74.5 Å². The number of anilines is 1. The van der Waals surface area contributed by atoms with E-state index < -0.39 is 0 Å². The standard InChI is InChI=1S/C20H33N5O/c1-5-7-11-25-20-18(17(23-25)12-15(3)4)19(21-14-22-20)24-10-8-9-16(24)13-26-6-2/h14-16H,5-13H2,1-4H3. The van der Waals surface area contributed by atoms with Gasteiger partial charge in [-0.3, -0.25) is 0 Å². The summed E-state index contributed by atoms with van der Waals surface area (Å²) in [7, 11) is 0. The summed E-state index contributed by atoms with van der Waals surface area (Å²) in [5, 5.41) is 6.10. The molecule has 3 heterocycles. The first-order valence-corrected chi connectivity index (χ1v) is 10.2. The molecule has 6 nitrogen and oxygen atoms in total. The maximum Gasteiger partial charge on any atom is 0.163 e. The first-order valence-electron chi connectivity index (χ1n) is 10.2. The number of aromatic nitrogens is 4. The van der Waals surface area contributed by atoms with Gasteiger partial charge in [-0.2, -0.15) is 5.10 Å². The van der Waals surface area contributed by atoms with E-state index in [-0.39, 0.29) is 0 Å². The molecule has 0 aliphatic carbocycles. The number of fused-ring (bicyclic) bond motifs is 1. The lowest BCUT2D eigenvalue weighted by Crippen LogP contribution is -2.34. The Morgan fingerprint density at radius 3 is 2.85 bits per heavy atom. The molecule has 1 atom stereocenters. The molecule has 0 spiro atoms. The van der Waals surface area contributed by atoms with E-state index in [1.54, 1.807) is 6.33 Å². The molecule has 144 valence electrons. The topological polar surface area (TPSA) is 56.1 Å². The van der Waals surface area contributed by atoms with Crippen LogP contribution in [0.5, 0.6) is 0 Å². The van der Waals surface area contributed by atoms with Gasteiger partial charge in [0.15, 0.2) is 5.65 Å². The van der Waals surface area contributed by atoms with Crippen molar-refractivity contribution in [3.63, 3.8) is 0 Å². The van der Waals surface area contributed by atoms with Crippen LogP contribution in [0.4, 0.5) is 5.82 Å². The summed E-state index contributed by atoms with van der Waals surface area (Å²) in [6.45, 7) is 12.2. The van der Waals surface area contributed by atoms with Crippen LogP contribution < -0.4 is 4.90 Å². The van der Waals surface area contributed by atoms with E-state index in [1.165, 1.54) is 6.42 Å². The number of aryl methyl sites for hydroxylation is 1. The fourth-order valence-corrected chi connectivity index (χ4v) is 3.82. The van der Waals surface area contributed by atoms with Gasteiger partial charge in [-0.15, -0.1) is 0 Å². The molecule has 0 bridgehead atoms. The Balaban J connectivity index is 2.02. The fraction of sp³-hybridized carbons (Fsp3) is 0.750. The highest BCUT2D eigenvalue weighted by atomic mass is 16.5. The minimum absolute atomic E-state index is 0.402. The molecule has 1 aliphatic heterocycles. The maximum atomic E-state index is 5.73. The van der Waals surface area contributed by atoms with Gasteiger partial charge in [0.1, 0.15) is 12.1 Å². The summed E-state index contributed by atoms with van der Waals surface area (Å²) >= 11 is 0. The van der Waals surface area contributed by atoms with Crippen LogP contribution in [0.1, 0.15) is 59.1 Å². The molecule has 26 heavy (non-hydrogen) atoms. The molecule has 1 saturated heterocycles. The monoisotopic (exact) mass is 359 g/mol. The largest absolute Gasteiger partial charge is 0.380 e. The van der Waals surface area contributed by atoms with Gasteiger partial charge in [-0.25, -0.2) is 14.6 Å². The van der Waals surface area contributed by atoms with Gasteiger partial charge in [-0.05, 0) is 38.5 Å². The zero-order valence-corrected chi connectivity index (χ0v) is 16.7. The Morgan fingerprint density at radius 1 is 1.27 bits per heavy atom. The lowest BCUT2D eigenvalue weighted by Gasteiger charge is -2.26. The predicted molar refractivity (Wildman–Crippen MR) is 106 cm³/mol. The molecule has 0 saturated carbocycles. The highest BCUT2D eigenvalue weighted by molar-refractivity contribution is 5.90. The van der Waals surface area contributed by atoms with Crippen molar-refractivity contribution >= 4 is 16.9 Å². The average molecular weight is 360 g/mol. The second kappa shape index (κ2) is 8.80. The second-order valence-electron chi connectivity index (χ2n) is 7.67. The van der Waals surface area contributed by atoms with Crippen molar-refractivity contribution in [2.75, 3.05) is 24.7 Å². The minimum Gasteiger partial charge on any atom is -0.380 e. The molecule has 2 aromatic heterocycles.